The Morgan fingerprint density at radius 3 is 2.38 bits per heavy atom. The average Bonchev–Trinajstić information content (AvgIpc) is 2.34. The quantitative estimate of drug-likeness (QED) is 0.743. The van der Waals surface area contributed by atoms with Gasteiger partial charge in [-0.3, -0.25) is 9.59 Å². The maximum atomic E-state index is 11.3. The first-order valence-electron chi connectivity index (χ1n) is 4.85. The molecule has 0 fully saturated rings. The highest BCUT2D eigenvalue weighted by molar-refractivity contribution is 6.27. The van der Waals surface area contributed by atoms with Gasteiger partial charge in [-0.25, -0.2) is 0 Å². The van der Waals surface area contributed by atoms with E-state index in [0.29, 0.717) is 6.54 Å². The van der Waals surface area contributed by atoms with Crippen molar-refractivity contribution in [3.8, 4) is 0 Å². The molecule has 2 amide bonds. The highest BCUT2D eigenvalue weighted by atomic mass is 35.5. The lowest BCUT2D eigenvalue weighted by Crippen LogP contribution is -2.37. The van der Waals surface area contributed by atoms with Gasteiger partial charge in [0.1, 0.15) is 5.88 Å². The average molecular weight is 241 g/mol. The number of halogens is 1. The van der Waals surface area contributed by atoms with Gasteiger partial charge in [0.15, 0.2) is 0 Å². The summed E-state index contributed by atoms with van der Waals surface area (Å²) in [7, 11) is 0. The number of alkyl halides is 1. The summed E-state index contributed by atoms with van der Waals surface area (Å²) < 4.78 is 0. The molecule has 0 radical (unpaired) electrons. The lowest BCUT2D eigenvalue weighted by atomic mass is 10.2. The Kier molecular flexibility index (Phi) is 5.36. The van der Waals surface area contributed by atoms with E-state index < -0.39 is 0 Å². The van der Waals surface area contributed by atoms with Crippen molar-refractivity contribution in [3.63, 3.8) is 0 Å². The van der Waals surface area contributed by atoms with Gasteiger partial charge in [0, 0.05) is 6.54 Å². The maximum Gasteiger partial charge on any atom is 0.239 e. The van der Waals surface area contributed by atoms with Crippen LogP contribution in [0.2, 0.25) is 0 Å². The number of hydrogen-bond acceptors (Lipinski definition) is 2. The molecule has 0 unspecified atom stereocenters. The molecule has 0 spiro atoms. The molecule has 16 heavy (non-hydrogen) atoms. The van der Waals surface area contributed by atoms with Crippen LogP contribution in [0.15, 0.2) is 30.3 Å². The van der Waals surface area contributed by atoms with Crippen LogP contribution in [0.3, 0.4) is 0 Å². The molecule has 4 nitrogen and oxygen atoms in total. The second-order valence-electron chi connectivity index (χ2n) is 3.17. The number of nitrogens with one attached hydrogen (secondary N) is 2. The second-order valence-corrected chi connectivity index (χ2v) is 3.44. The normalized spacial score (nSPS) is 9.56. The number of amides is 2. The van der Waals surface area contributed by atoms with Gasteiger partial charge in [0.25, 0.3) is 0 Å². The van der Waals surface area contributed by atoms with Crippen LogP contribution in [-0.2, 0) is 16.1 Å². The monoisotopic (exact) mass is 240 g/mol. The van der Waals surface area contributed by atoms with Crippen molar-refractivity contribution in [2.75, 3.05) is 12.4 Å². The van der Waals surface area contributed by atoms with Gasteiger partial charge >= 0.3 is 0 Å². The number of benzene rings is 1. The van der Waals surface area contributed by atoms with Gasteiger partial charge < -0.3 is 10.6 Å². The van der Waals surface area contributed by atoms with Crippen LogP contribution < -0.4 is 10.6 Å². The van der Waals surface area contributed by atoms with Gasteiger partial charge in [0.2, 0.25) is 11.8 Å². The van der Waals surface area contributed by atoms with E-state index in [-0.39, 0.29) is 24.2 Å². The third kappa shape index (κ3) is 4.79. The van der Waals surface area contributed by atoms with Crippen LogP contribution in [0.25, 0.3) is 0 Å². The Bertz CT molecular complexity index is 354. The molecule has 0 aliphatic rings. The molecule has 0 aliphatic carbocycles. The Morgan fingerprint density at radius 2 is 1.75 bits per heavy atom. The van der Waals surface area contributed by atoms with Crippen molar-refractivity contribution in [2.45, 2.75) is 6.54 Å². The summed E-state index contributed by atoms with van der Waals surface area (Å²) in [5.74, 6) is -0.717. The predicted molar refractivity (Wildman–Crippen MR) is 62.0 cm³/mol. The first-order valence-corrected chi connectivity index (χ1v) is 5.39. The van der Waals surface area contributed by atoms with Crippen molar-refractivity contribution in [1.82, 2.24) is 10.6 Å². The smallest absolute Gasteiger partial charge is 0.239 e. The number of rotatable bonds is 5. The molecule has 0 aromatic heterocycles. The van der Waals surface area contributed by atoms with E-state index in [9.17, 15) is 9.59 Å². The largest absolute Gasteiger partial charge is 0.350 e. The van der Waals surface area contributed by atoms with Crippen molar-refractivity contribution < 1.29 is 9.59 Å². The van der Waals surface area contributed by atoms with Crippen molar-refractivity contribution >= 4 is 23.4 Å². The molecule has 0 heterocycles. The van der Waals surface area contributed by atoms with E-state index in [4.69, 9.17) is 11.6 Å². The minimum atomic E-state index is -0.350. The summed E-state index contributed by atoms with van der Waals surface area (Å²) in [5, 5.41) is 5.07. The molecule has 86 valence electrons. The minimum absolute atomic E-state index is 0.0433. The molecule has 1 rings (SSSR count). The highest BCUT2D eigenvalue weighted by Crippen LogP contribution is 1.96. The SMILES string of the molecule is O=C(CCl)NCC(=O)NCc1ccccc1. The Labute approximate surface area is 99.0 Å². The summed E-state index contributed by atoms with van der Waals surface area (Å²) in [6, 6.07) is 9.54. The number of carbonyl (C=O) groups is 2. The molecule has 1 aromatic carbocycles. The van der Waals surface area contributed by atoms with Crippen LogP contribution in [0.4, 0.5) is 0 Å². The van der Waals surface area contributed by atoms with Crippen LogP contribution >= 0.6 is 11.6 Å². The molecule has 2 N–H and O–H groups in total. The topological polar surface area (TPSA) is 58.2 Å². The standard InChI is InChI=1S/C11H13ClN2O2/c12-6-10(15)14-8-11(16)13-7-9-4-2-1-3-5-9/h1-5H,6-8H2,(H,13,16)(H,14,15). The van der Waals surface area contributed by atoms with Crippen molar-refractivity contribution in [2.24, 2.45) is 0 Å². The van der Waals surface area contributed by atoms with E-state index in [2.05, 4.69) is 10.6 Å². The third-order valence-electron chi connectivity index (χ3n) is 1.90. The summed E-state index contributed by atoms with van der Waals surface area (Å²) >= 11 is 5.26. The number of carbonyl (C=O) groups excluding carboxylic acids is 2. The highest BCUT2D eigenvalue weighted by Gasteiger charge is 2.03. The second kappa shape index (κ2) is 6.85. The van der Waals surface area contributed by atoms with Crippen LogP contribution in [0, 0.1) is 0 Å². The molecule has 0 saturated heterocycles. The van der Waals surface area contributed by atoms with Crippen molar-refractivity contribution in [1.29, 1.82) is 0 Å². The molecule has 0 saturated carbocycles. The molecule has 1 aromatic rings. The first-order chi connectivity index (χ1) is 7.72. The van der Waals surface area contributed by atoms with Gasteiger partial charge in [-0.15, -0.1) is 11.6 Å². The molecule has 0 aliphatic heterocycles. The summed E-state index contributed by atoms with van der Waals surface area (Å²) in [6.45, 7) is 0.412. The van der Waals surface area contributed by atoms with Crippen molar-refractivity contribution in [3.05, 3.63) is 35.9 Å². The van der Waals surface area contributed by atoms with Crippen LogP contribution in [0.5, 0.6) is 0 Å². The summed E-state index contributed by atoms with van der Waals surface area (Å²) in [4.78, 5) is 22.0. The van der Waals surface area contributed by atoms with Crippen LogP contribution in [0.1, 0.15) is 5.56 Å². The van der Waals surface area contributed by atoms with E-state index >= 15 is 0 Å². The Hall–Kier alpha value is -1.55. The van der Waals surface area contributed by atoms with Gasteiger partial charge in [0.05, 0.1) is 6.54 Å². The fourth-order valence-corrected chi connectivity index (χ4v) is 1.18. The van der Waals surface area contributed by atoms with Gasteiger partial charge in [-0.05, 0) is 5.56 Å². The van der Waals surface area contributed by atoms with E-state index in [1.165, 1.54) is 0 Å². The molecular formula is C11H13ClN2O2. The summed E-state index contributed by atoms with van der Waals surface area (Å²) in [6.07, 6.45) is 0. The Morgan fingerprint density at radius 1 is 1.06 bits per heavy atom. The number of hydrogen-bond donors (Lipinski definition) is 2. The van der Waals surface area contributed by atoms with E-state index in [0.717, 1.165) is 5.56 Å². The molecular weight excluding hydrogens is 228 g/mol. The van der Waals surface area contributed by atoms with Crippen LogP contribution in [-0.4, -0.2) is 24.2 Å². The lowest BCUT2D eigenvalue weighted by molar-refractivity contribution is -0.124. The predicted octanol–water partition coefficient (Wildman–Crippen LogP) is 0.658. The zero-order valence-corrected chi connectivity index (χ0v) is 9.46. The van der Waals surface area contributed by atoms with Gasteiger partial charge in [-0.2, -0.15) is 0 Å². The zero-order valence-electron chi connectivity index (χ0n) is 8.70. The van der Waals surface area contributed by atoms with E-state index in [1.807, 2.05) is 30.3 Å². The molecule has 0 atom stereocenters. The fraction of sp³-hybridized carbons (Fsp3) is 0.273. The molecule has 5 heteroatoms. The fourth-order valence-electron chi connectivity index (χ4n) is 1.09. The minimum Gasteiger partial charge on any atom is -0.350 e. The first kappa shape index (κ1) is 12.5. The molecule has 0 bridgehead atoms. The third-order valence-corrected chi connectivity index (χ3v) is 2.14. The lowest BCUT2D eigenvalue weighted by Gasteiger charge is -2.05. The maximum absolute atomic E-state index is 11.3. The zero-order chi connectivity index (χ0) is 11.8. The van der Waals surface area contributed by atoms with Gasteiger partial charge in [-0.1, -0.05) is 30.3 Å². The Balaban J connectivity index is 2.23. The van der Waals surface area contributed by atoms with E-state index in [1.54, 1.807) is 0 Å². The summed E-state index contributed by atoms with van der Waals surface area (Å²) in [5.41, 5.74) is 1.01.